The van der Waals surface area contributed by atoms with E-state index in [2.05, 4.69) is 5.32 Å². The van der Waals surface area contributed by atoms with Crippen molar-refractivity contribution in [3.63, 3.8) is 0 Å². The Kier molecular flexibility index (Phi) is 24.5. The third-order valence-corrected chi connectivity index (χ3v) is 1.65. The SMILES string of the molecule is CCCCNC(=O)O.OCC(O)CO.OCC(O)CO. The van der Waals surface area contributed by atoms with Crippen molar-refractivity contribution < 1.29 is 40.5 Å². The van der Waals surface area contributed by atoms with Gasteiger partial charge in [0, 0.05) is 6.54 Å². The minimum atomic E-state index is -0.954. The Hall–Kier alpha value is -0.970. The molecule has 0 unspecified atom stereocenters. The highest BCUT2D eigenvalue weighted by Crippen LogP contribution is 1.81. The molecule has 0 fully saturated rings. The van der Waals surface area contributed by atoms with E-state index in [0.29, 0.717) is 6.54 Å². The van der Waals surface area contributed by atoms with E-state index in [0.717, 1.165) is 12.8 Å². The van der Waals surface area contributed by atoms with Crippen molar-refractivity contribution in [1.29, 1.82) is 0 Å². The Morgan fingerprint density at radius 3 is 1.45 bits per heavy atom. The summed E-state index contributed by atoms with van der Waals surface area (Å²) in [4.78, 5) is 9.76. The third kappa shape index (κ3) is 30.2. The maximum absolute atomic E-state index is 9.76. The maximum Gasteiger partial charge on any atom is 0.404 e. The zero-order valence-electron chi connectivity index (χ0n) is 11.6. The van der Waals surface area contributed by atoms with Crippen molar-refractivity contribution in [2.75, 3.05) is 33.0 Å². The van der Waals surface area contributed by atoms with Crippen LogP contribution in [0.1, 0.15) is 19.8 Å². The summed E-state index contributed by atoms with van der Waals surface area (Å²) < 4.78 is 0. The molecule has 0 aromatic carbocycles. The van der Waals surface area contributed by atoms with Crippen LogP contribution in [0.25, 0.3) is 0 Å². The molecule has 9 heteroatoms. The van der Waals surface area contributed by atoms with Crippen molar-refractivity contribution in [1.82, 2.24) is 5.32 Å². The molecular weight excluding hydrogens is 274 g/mol. The van der Waals surface area contributed by atoms with Gasteiger partial charge in [0.25, 0.3) is 0 Å². The fourth-order valence-corrected chi connectivity index (χ4v) is 0.488. The number of rotatable bonds is 7. The fourth-order valence-electron chi connectivity index (χ4n) is 0.488. The lowest BCUT2D eigenvalue weighted by Crippen LogP contribution is -2.21. The highest BCUT2D eigenvalue weighted by atomic mass is 16.4. The molecule has 124 valence electrons. The molecule has 0 aliphatic carbocycles. The van der Waals surface area contributed by atoms with Crippen LogP contribution < -0.4 is 5.32 Å². The molecule has 0 saturated heterocycles. The second kappa shape index (κ2) is 20.3. The van der Waals surface area contributed by atoms with Crippen LogP contribution in [0.15, 0.2) is 0 Å². The Morgan fingerprint density at radius 2 is 1.30 bits per heavy atom. The van der Waals surface area contributed by atoms with E-state index in [9.17, 15) is 4.79 Å². The molecule has 1 amide bonds. The van der Waals surface area contributed by atoms with Gasteiger partial charge in [0.1, 0.15) is 12.2 Å². The first-order chi connectivity index (χ1) is 9.39. The molecule has 0 rings (SSSR count). The predicted molar refractivity (Wildman–Crippen MR) is 71.3 cm³/mol. The van der Waals surface area contributed by atoms with Crippen molar-refractivity contribution in [2.24, 2.45) is 0 Å². The van der Waals surface area contributed by atoms with Crippen molar-refractivity contribution in [3.05, 3.63) is 0 Å². The third-order valence-electron chi connectivity index (χ3n) is 1.65. The standard InChI is InChI=1S/C5H11NO2.2C3H8O3/c1-2-3-4-6-5(7)8;2*4-1-3(6)2-5/h6H,2-4H2,1H3,(H,7,8);2*3-6H,1-2H2. The van der Waals surface area contributed by atoms with Gasteiger partial charge in [-0.25, -0.2) is 4.79 Å². The van der Waals surface area contributed by atoms with Crippen LogP contribution in [-0.2, 0) is 0 Å². The minimum absolute atomic E-state index is 0.365. The Bertz CT molecular complexity index is 175. The first-order valence-electron chi connectivity index (χ1n) is 6.15. The summed E-state index contributed by atoms with van der Waals surface area (Å²) >= 11 is 0. The van der Waals surface area contributed by atoms with E-state index in [1.54, 1.807) is 0 Å². The van der Waals surface area contributed by atoms with Gasteiger partial charge in [0.2, 0.25) is 0 Å². The van der Waals surface area contributed by atoms with Crippen molar-refractivity contribution in [2.45, 2.75) is 32.0 Å². The number of aliphatic hydroxyl groups excluding tert-OH is 6. The summed E-state index contributed by atoms with van der Waals surface area (Å²) in [6, 6.07) is 0. The topological polar surface area (TPSA) is 171 Å². The Morgan fingerprint density at radius 1 is 0.950 bits per heavy atom. The van der Waals surface area contributed by atoms with Crippen LogP contribution >= 0.6 is 0 Å². The van der Waals surface area contributed by atoms with E-state index in [1.165, 1.54) is 0 Å². The van der Waals surface area contributed by atoms with Crippen LogP contribution in [0.5, 0.6) is 0 Å². The normalized spacial score (nSPS) is 9.45. The Balaban J connectivity index is -0.000000221. The number of carboxylic acid groups (broad SMARTS) is 1. The lowest BCUT2D eigenvalue weighted by molar-refractivity contribution is 0.0450. The molecule has 0 aromatic rings. The summed E-state index contributed by atoms with van der Waals surface area (Å²) in [6.45, 7) is 1.13. The van der Waals surface area contributed by atoms with Crippen molar-refractivity contribution >= 4 is 6.09 Å². The summed E-state index contributed by atoms with van der Waals surface area (Å²) in [7, 11) is 0. The van der Waals surface area contributed by atoms with Gasteiger partial charge in [0.15, 0.2) is 0 Å². The molecule has 0 spiro atoms. The number of carbonyl (C=O) groups is 1. The summed E-state index contributed by atoms with van der Waals surface area (Å²) in [5, 5.41) is 58.3. The average molecular weight is 301 g/mol. The predicted octanol–water partition coefficient (Wildman–Crippen LogP) is -2.28. The zero-order valence-corrected chi connectivity index (χ0v) is 11.6. The molecule has 0 bridgehead atoms. The molecule has 0 aromatic heterocycles. The molecule has 0 aliphatic rings. The van der Waals surface area contributed by atoms with Gasteiger partial charge >= 0.3 is 6.09 Å². The maximum atomic E-state index is 9.76. The first-order valence-corrected chi connectivity index (χ1v) is 6.15. The van der Waals surface area contributed by atoms with Gasteiger partial charge < -0.3 is 41.1 Å². The summed E-state index contributed by atoms with van der Waals surface area (Å²) in [6.07, 6.45) is -0.888. The van der Waals surface area contributed by atoms with Crippen LogP contribution in [0.4, 0.5) is 4.79 Å². The van der Waals surface area contributed by atoms with Gasteiger partial charge in [-0.05, 0) is 6.42 Å². The largest absolute Gasteiger partial charge is 0.465 e. The van der Waals surface area contributed by atoms with E-state index in [1.807, 2.05) is 6.92 Å². The highest BCUT2D eigenvalue weighted by Gasteiger charge is 1.94. The molecule has 0 atom stereocenters. The lowest BCUT2D eigenvalue weighted by atomic mass is 10.3. The van der Waals surface area contributed by atoms with Gasteiger partial charge in [-0.1, -0.05) is 13.3 Å². The van der Waals surface area contributed by atoms with E-state index < -0.39 is 18.3 Å². The fraction of sp³-hybridized carbons (Fsp3) is 0.909. The van der Waals surface area contributed by atoms with E-state index in [4.69, 9.17) is 35.7 Å². The summed E-state index contributed by atoms with van der Waals surface area (Å²) in [5.41, 5.74) is 0. The zero-order chi connectivity index (χ0) is 16.4. The summed E-state index contributed by atoms with van der Waals surface area (Å²) in [5.74, 6) is 0. The number of aliphatic hydroxyl groups is 6. The highest BCUT2D eigenvalue weighted by molar-refractivity contribution is 5.64. The second-order valence-electron chi connectivity index (χ2n) is 3.62. The molecule has 8 N–H and O–H groups in total. The molecule has 0 radical (unpaired) electrons. The molecular formula is C11H27NO8. The molecule has 9 nitrogen and oxygen atoms in total. The number of nitrogens with one attached hydrogen (secondary N) is 1. The number of hydrogen-bond acceptors (Lipinski definition) is 7. The Labute approximate surface area is 118 Å². The van der Waals surface area contributed by atoms with E-state index >= 15 is 0 Å². The van der Waals surface area contributed by atoms with Crippen LogP contribution in [0.3, 0.4) is 0 Å². The smallest absolute Gasteiger partial charge is 0.404 e. The second-order valence-corrected chi connectivity index (χ2v) is 3.62. The molecule has 20 heavy (non-hydrogen) atoms. The average Bonchev–Trinajstić information content (AvgIpc) is 2.46. The lowest BCUT2D eigenvalue weighted by Gasteiger charge is -1.96. The molecule has 0 aliphatic heterocycles. The van der Waals surface area contributed by atoms with E-state index in [-0.39, 0.29) is 26.4 Å². The van der Waals surface area contributed by atoms with Gasteiger partial charge in [-0.3, -0.25) is 0 Å². The van der Waals surface area contributed by atoms with Crippen LogP contribution in [0, 0.1) is 0 Å². The van der Waals surface area contributed by atoms with Crippen molar-refractivity contribution in [3.8, 4) is 0 Å². The first kappa shape index (κ1) is 24.1. The quantitative estimate of drug-likeness (QED) is 0.243. The monoisotopic (exact) mass is 301 g/mol. The number of amides is 1. The number of hydrogen-bond donors (Lipinski definition) is 8. The molecule has 0 saturated carbocycles. The van der Waals surface area contributed by atoms with Crippen LogP contribution in [0.2, 0.25) is 0 Å². The minimum Gasteiger partial charge on any atom is -0.465 e. The molecule has 0 heterocycles. The van der Waals surface area contributed by atoms with Crippen LogP contribution in [-0.4, -0.2) is 87.0 Å². The van der Waals surface area contributed by atoms with Gasteiger partial charge in [-0.2, -0.15) is 0 Å². The number of unbranched alkanes of at least 4 members (excludes halogenated alkanes) is 1. The van der Waals surface area contributed by atoms with Gasteiger partial charge in [-0.15, -0.1) is 0 Å². The van der Waals surface area contributed by atoms with Gasteiger partial charge in [0.05, 0.1) is 26.4 Å².